The van der Waals surface area contributed by atoms with Crippen LogP contribution in [0, 0.1) is 0 Å². The number of carbonyl (C=O) groups is 1. The Morgan fingerprint density at radius 1 is 1.11 bits per heavy atom. The maximum absolute atomic E-state index is 12.3. The lowest BCUT2D eigenvalue weighted by molar-refractivity contribution is -0.119. The molecule has 7 heteroatoms. The van der Waals surface area contributed by atoms with E-state index in [-0.39, 0.29) is 17.4 Å². The summed E-state index contributed by atoms with van der Waals surface area (Å²) in [5.74, 6) is 1.47. The van der Waals surface area contributed by atoms with Crippen LogP contribution in [0.1, 0.15) is 30.5 Å². The molecule has 0 aliphatic heterocycles. The summed E-state index contributed by atoms with van der Waals surface area (Å²) < 4.78 is 17.2. The second-order valence-corrected chi connectivity index (χ2v) is 7.38. The highest BCUT2D eigenvalue weighted by Crippen LogP contribution is 2.50. The lowest BCUT2D eigenvalue weighted by Gasteiger charge is -2.19. The highest BCUT2D eigenvalue weighted by molar-refractivity contribution is 9.10. The molecule has 0 saturated heterocycles. The largest absolute Gasteiger partial charge is 0.493 e. The van der Waals surface area contributed by atoms with Gasteiger partial charge >= 0.3 is 0 Å². The van der Waals surface area contributed by atoms with Gasteiger partial charge in [-0.25, -0.2) is 0 Å². The van der Waals surface area contributed by atoms with Crippen molar-refractivity contribution in [2.75, 3.05) is 21.3 Å². The van der Waals surface area contributed by atoms with Crippen LogP contribution in [0.25, 0.3) is 11.1 Å². The van der Waals surface area contributed by atoms with E-state index < -0.39 is 0 Å². The smallest absolute Gasteiger partial charge is 0.217 e. The van der Waals surface area contributed by atoms with Gasteiger partial charge in [-0.05, 0) is 69.7 Å². The van der Waals surface area contributed by atoms with Gasteiger partial charge in [0.15, 0.2) is 16.9 Å². The Hall–Kier alpha value is -2.54. The highest BCUT2D eigenvalue weighted by atomic mass is 79.9. The molecule has 148 valence electrons. The average Bonchev–Trinajstić information content (AvgIpc) is 2.90. The van der Waals surface area contributed by atoms with Crippen molar-refractivity contribution in [3.05, 3.63) is 50.1 Å². The van der Waals surface area contributed by atoms with Gasteiger partial charge in [0.05, 0.1) is 31.8 Å². The number of rotatable bonds is 4. The molecule has 0 unspecified atom stereocenters. The van der Waals surface area contributed by atoms with Crippen molar-refractivity contribution in [2.24, 2.45) is 0 Å². The van der Waals surface area contributed by atoms with Crippen LogP contribution in [0.15, 0.2) is 33.5 Å². The molecule has 3 rings (SSSR count). The fraction of sp³-hybridized carbons (Fsp3) is 0.333. The molecule has 2 aromatic carbocycles. The normalized spacial score (nSPS) is 15.0. The molecule has 0 spiro atoms. The van der Waals surface area contributed by atoms with E-state index in [0.717, 1.165) is 22.3 Å². The third-order valence-corrected chi connectivity index (χ3v) is 5.49. The second-order valence-electron chi connectivity index (χ2n) is 6.53. The summed E-state index contributed by atoms with van der Waals surface area (Å²) in [5.41, 5.74) is 3.35. The maximum Gasteiger partial charge on any atom is 0.217 e. The Bertz CT molecular complexity index is 989. The summed E-state index contributed by atoms with van der Waals surface area (Å²) in [6, 6.07) is 6.75. The van der Waals surface area contributed by atoms with E-state index in [9.17, 15) is 9.59 Å². The van der Waals surface area contributed by atoms with Crippen molar-refractivity contribution in [2.45, 2.75) is 25.8 Å². The first-order valence-corrected chi connectivity index (χ1v) is 9.63. The predicted octanol–water partition coefficient (Wildman–Crippen LogP) is 3.63. The fourth-order valence-corrected chi connectivity index (χ4v) is 4.06. The minimum absolute atomic E-state index is 0.131. The van der Waals surface area contributed by atoms with Crippen LogP contribution < -0.4 is 25.0 Å². The van der Waals surface area contributed by atoms with Crippen LogP contribution in [0.2, 0.25) is 0 Å². The Balaban J connectivity index is 2.41. The molecule has 0 saturated carbocycles. The predicted molar refractivity (Wildman–Crippen MR) is 110 cm³/mol. The van der Waals surface area contributed by atoms with E-state index in [1.54, 1.807) is 33.5 Å². The Kier molecular flexibility index (Phi) is 5.93. The van der Waals surface area contributed by atoms with Crippen LogP contribution in [0.5, 0.6) is 17.2 Å². The van der Waals surface area contributed by atoms with Crippen LogP contribution >= 0.6 is 15.9 Å². The number of hydrogen-bond donors (Lipinski definition) is 1. The molecule has 0 fully saturated rings. The standard InChI is InChI=1S/C21H22BrNO5/c1-11(24)23-16-7-5-12-9-18(26-2)20(27-3)21(28-4)19(12)13-6-8-17(25)15(22)10-14(13)16/h6,8-10,16H,5,7H2,1-4H3,(H,23,24)/t16-/m0/s1. The third kappa shape index (κ3) is 3.58. The highest BCUT2D eigenvalue weighted by Gasteiger charge is 2.29. The lowest BCUT2D eigenvalue weighted by atomic mass is 9.95. The van der Waals surface area contributed by atoms with Gasteiger partial charge in [0.1, 0.15) is 0 Å². The Labute approximate surface area is 171 Å². The number of fused-ring (bicyclic) bond motifs is 3. The fourth-order valence-electron chi connectivity index (χ4n) is 3.69. The molecule has 0 heterocycles. The van der Waals surface area contributed by atoms with E-state index in [2.05, 4.69) is 21.2 Å². The number of carbonyl (C=O) groups excluding carboxylic acids is 1. The van der Waals surface area contributed by atoms with Gasteiger partial charge in [-0.2, -0.15) is 0 Å². The van der Waals surface area contributed by atoms with Gasteiger partial charge in [-0.3, -0.25) is 9.59 Å². The van der Waals surface area contributed by atoms with E-state index >= 15 is 0 Å². The first-order chi connectivity index (χ1) is 13.4. The van der Waals surface area contributed by atoms with Gasteiger partial charge in [-0.15, -0.1) is 0 Å². The van der Waals surface area contributed by atoms with Crippen LogP contribution in [0.4, 0.5) is 0 Å². The quantitative estimate of drug-likeness (QED) is 0.774. The van der Waals surface area contributed by atoms with Crippen molar-refractivity contribution in [1.29, 1.82) is 0 Å². The molecular formula is C21H22BrNO5. The zero-order chi connectivity index (χ0) is 20.4. The minimum Gasteiger partial charge on any atom is -0.493 e. The summed E-state index contributed by atoms with van der Waals surface area (Å²) in [6.07, 6.45) is 1.36. The van der Waals surface area contributed by atoms with E-state index in [1.807, 2.05) is 6.07 Å². The SMILES string of the molecule is COc1cc2c(c(OC)c1OC)-c1ccc(=O)c(Br)cc1[C@@H](NC(C)=O)CC2. The number of halogens is 1. The van der Waals surface area contributed by atoms with Crippen molar-refractivity contribution < 1.29 is 19.0 Å². The molecule has 0 aromatic heterocycles. The zero-order valence-electron chi connectivity index (χ0n) is 16.2. The molecule has 1 N–H and O–H groups in total. The van der Waals surface area contributed by atoms with Gasteiger partial charge < -0.3 is 19.5 Å². The number of methoxy groups -OCH3 is 3. The molecule has 1 aliphatic rings. The van der Waals surface area contributed by atoms with Gasteiger partial charge in [0.2, 0.25) is 11.7 Å². The van der Waals surface area contributed by atoms with E-state index in [1.165, 1.54) is 13.0 Å². The number of ether oxygens (including phenoxy) is 3. The number of aryl methyl sites for hydroxylation is 1. The van der Waals surface area contributed by atoms with Crippen molar-refractivity contribution in [3.63, 3.8) is 0 Å². The first kappa shape index (κ1) is 20.2. The first-order valence-electron chi connectivity index (χ1n) is 8.84. The zero-order valence-corrected chi connectivity index (χ0v) is 17.8. The van der Waals surface area contributed by atoms with Crippen LogP contribution in [0.3, 0.4) is 0 Å². The molecule has 6 nitrogen and oxygen atoms in total. The number of nitrogens with one attached hydrogen (secondary N) is 1. The third-order valence-electron chi connectivity index (χ3n) is 4.87. The van der Waals surface area contributed by atoms with Crippen LogP contribution in [-0.4, -0.2) is 27.2 Å². The molecule has 0 bridgehead atoms. The van der Waals surface area contributed by atoms with Gasteiger partial charge in [-0.1, -0.05) is 0 Å². The minimum atomic E-state index is -0.246. The van der Waals surface area contributed by atoms with E-state index in [0.29, 0.717) is 34.6 Å². The van der Waals surface area contributed by atoms with Gasteiger partial charge in [0, 0.05) is 12.5 Å². The summed E-state index contributed by atoms with van der Waals surface area (Å²) in [4.78, 5) is 24.1. The van der Waals surface area contributed by atoms with Crippen molar-refractivity contribution in [1.82, 2.24) is 5.32 Å². The lowest BCUT2D eigenvalue weighted by Crippen LogP contribution is -2.26. The monoisotopic (exact) mass is 447 g/mol. The average molecular weight is 448 g/mol. The molecule has 0 radical (unpaired) electrons. The molecule has 28 heavy (non-hydrogen) atoms. The number of hydrogen-bond acceptors (Lipinski definition) is 5. The summed E-state index contributed by atoms with van der Waals surface area (Å²) in [6.45, 7) is 1.49. The second kappa shape index (κ2) is 8.22. The molecule has 1 amide bonds. The van der Waals surface area contributed by atoms with E-state index in [4.69, 9.17) is 14.2 Å². The van der Waals surface area contributed by atoms with Crippen LogP contribution in [-0.2, 0) is 11.2 Å². The number of benzene rings is 1. The molecule has 1 atom stereocenters. The Morgan fingerprint density at radius 3 is 2.43 bits per heavy atom. The molecule has 1 aliphatic carbocycles. The maximum atomic E-state index is 12.3. The Morgan fingerprint density at radius 2 is 1.82 bits per heavy atom. The van der Waals surface area contributed by atoms with Gasteiger partial charge in [0.25, 0.3) is 0 Å². The number of amides is 1. The summed E-state index contributed by atoms with van der Waals surface area (Å²) in [5, 5.41) is 3.00. The summed E-state index contributed by atoms with van der Waals surface area (Å²) >= 11 is 3.35. The molecule has 2 aromatic rings. The van der Waals surface area contributed by atoms with Crippen molar-refractivity contribution in [3.8, 4) is 28.4 Å². The summed E-state index contributed by atoms with van der Waals surface area (Å²) in [7, 11) is 4.71. The topological polar surface area (TPSA) is 73.9 Å². The molecular weight excluding hydrogens is 426 g/mol. The van der Waals surface area contributed by atoms with Crippen molar-refractivity contribution >= 4 is 21.8 Å².